The zero-order valence-electron chi connectivity index (χ0n) is 33.0. The molecule has 5 N–H and O–H groups in total. The van der Waals surface area contributed by atoms with E-state index >= 15 is 0 Å². The van der Waals surface area contributed by atoms with Crippen molar-refractivity contribution in [2.45, 2.75) is 50.8 Å². The third-order valence-corrected chi connectivity index (χ3v) is 11.2. The van der Waals surface area contributed by atoms with Crippen LogP contribution in [-0.2, 0) is 29.2 Å². The minimum absolute atomic E-state index is 0.0474. The van der Waals surface area contributed by atoms with Crippen molar-refractivity contribution in [3.05, 3.63) is 171 Å². The number of phenolic OH excluding ortho intramolecular Hbond substituents is 1. The number of hydrogen-bond donors (Lipinski definition) is 5. The molecule has 1 amide bonds. The molecule has 308 valence electrons. The Bertz CT molecular complexity index is 2470. The molecule has 5 heterocycles. The molecule has 0 spiro atoms. The lowest BCUT2D eigenvalue weighted by atomic mass is 9.86. The van der Waals surface area contributed by atoms with Crippen LogP contribution < -0.4 is 20.9 Å². The van der Waals surface area contributed by atoms with Gasteiger partial charge in [-0.3, -0.25) is 14.7 Å². The number of carbonyl (C=O) groups excluding carboxylic acids is 2. The highest BCUT2D eigenvalue weighted by Gasteiger charge is 2.37. The zero-order valence-corrected chi connectivity index (χ0v) is 33.0. The van der Waals surface area contributed by atoms with Crippen molar-refractivity contribution in [2.75, 3.05) is 26.2 Å². The highest BCUT2D eigenvalue weighted by molar-refractivity contribution is 5.89. The van der Waals surface area contributed by atoms with Crippen molar-refractivity contribution < 1.29 is 34.0 Å². The number of carbonyl (C=O) groups is 2. The van der Waals surface area contributed by atoms with E-state index in [0.29, 0.717) is 34.7 Å². The Kier molecular flexibility index (Phi) is 12.5. The Balaban J connectivity index is 0.800. The predicted octanol–water partition coefficient (Wildman–Crippen LogP) is 6.30. The van der Waals surface area contributed by atoms with E-state index < -0.39 is 24.2 Å². The van der Waals surface area contributed by atoms with E-state index in [2.05, 4.69) is 25.5 Å². The van der Waals surface area contributed by atoms with Gasteiger partial charge in [-0.2, -0.15) is 0 Å². The van der Waals surface area contributed by atoms with E-state index in [0.717, 1.165) is 60.4 Å². The minimum atomic E-state index is -0.892. The fourth-order valence-corrected chi connectivity index (χ4v) is 7.90. The van der Waals surface area contributed by atoms with E-state index in [-0.39, 0.29) is 42.7 Å². The molecule has 0 saturated carbocycles. The summed E-state index contributed by atoms with van der Waals surface area (Å²) in [5.74, 6) is 0.521. The Morgan fingerprint density at radius 1 is 0.867 bits per heavy atom. The summed E-state index contributed by atoms with van der Waals surface area (Å²) in [6.45, 7) is 3.85. The van der Waals surface area contributed by atoms with Gasteiger partial charge in [-0.25, -0.2) is 9.59 Å². The number of aliphatic hydroxyl groups is 1. The molecule has 13 nitrogen and oxygen atoms in total. The second kappa shape index (κ2) is 18.6. The van der Waals surface area contributed by atoms with Crippen molar-refractivity contribution in [1.29, 1.82) is 0 Å². The second-order valence-corrected chi connectivity index (χ2v) is 15.3. The van der Waals surface area contributed by atoms with Crippen LogP contribution in [0.25, 0.3) is 10.9 Å². The molecular weight excluding hydrogens is 763 g/mol. The van der Waals surface area contributed by atoms with Gasteiger partial charge in [0.05, 0.1) is 28.9 Å². The van der Waals surface area contributed by atoms with Gasteiger partial charge in [0.1, 0.15) is 30.8 Å². The van der Waals surface area contributed by atoms with Crippen LogP contribution in [0.4, 0.5) is 4.79 Å². The van der Waals surface area contributed by atoms with Crippen LogP contribution in [-0.4, -0.2) is 69.4 Å². The number of piperidine rings is 3. The summed E-state index contributed by atoms with van der Waals surface area (Å²) in [5, 5.41) is 27.8. The molecule has 3 aliphatic rings. The number of alkyl carbamates (subject to hydrolysis) is 1. The summed E-state index contributed by atoms with van der Waals surface area (Å²) >= 11 is 0. The van der Waals surface area contributed by atoms with Gasteiger partial charge in [0, 0.05) is 42.8 Å². The number of aliphatic hydroxyl groups excluding tert-OH is 1. The van der Waals surface area contributed by atoms with Crippen molar-refractivity contribution in [3.63, 3.8) is 0 Å². The monoisotopic (exact) mass is 809 g/mol. The highest BCUT2D eigenvalue weighted by atomic mass is 16.6. The number of hydrogen-bond acceptors (Lipinski definition) is 11. The highest BCUT2D eigenvalue weighted by Crippen LogP contribution is 2.31. The quantitative estimate of drug-likeness (QED) is 0.0737. The summed E-state index contributed by atoms with van der Waals surface area (Å²) in [4.78, 5) is 47.2. The molecule has 13 heteroatoms. The van der Waals surface area contributed by atoms with E-state index in [1.165, 1.54) is 12.1 Å². The number of pyridine rings is 2. The summed E-state index contributed by atoms with van der Waals surface area (Å²) in [7, 11) is 0. The Morgan fingerprint density at radius 2 is 1.65 bits per heavy atom. The smallest absolute Gasteiger partial charge is 0.408 e. The summed E-state index contributed by atoms with van der Waals surface area (Å²) in [5.41, 5.74) is 5.03. The first-order valence-electron chi connectivity index (χ1n) is 20.2. The number of H-pyrrole nitrogens is 1. The van der Waals surface area contributed by atoms with Crippen LogP contribution in [0.3, 0.4) is 0 Å². The summed E-state index contributed by atoms with van der Waals surface area (Å²) < 4.78 is 17.7. The molecular formula is C47H47N5O8. The van der Waals surface area contributed by atoms with Crippen LogP contribution in [0.15, 0.2) is 126 Å². The van der Waals surface area contributed by atoms with Crippen LogP contribution in [0.1, 0.15) is 68.9 Å². The first-order valence-corrected chi connectivity index (χ1v) is 20.2. The van der Waals surface area contributed by atoms with Crippen molar-refractivity contribution in [1.82, 2.24) is 25.5 Å². The van der Waals surface area contributed by atoms with E-state index in [1.807, 2.05) is 78.9 Å². The van der Waals surface area contributed by atoms with Gasteiger partial charge in [0.25, 0.3) is 0 Å². The number of nitrogens with one attached hydrogen (secondary N) is 3. The van der Waals surface area contributed by atoms with E-state index in [4.69, 9.17) is 14.2 Å². The molecule has 3 saturated heterocycles. The third kappa shape index (κ3) is 9.83. The van der Waals surface area contributed by atoms with Gasteiger partial charge in [-0.05, 0) is 96.6 Å². The maximum Gasteiger partial charge on any atom is 0.408 e. The number of fused-ring (bicyclic) bond motifs is 4. The standard InChI is InChI=1S/C47H47N5O8/c53-40-17-15-38(39-16-18-43(55)50-45(39)40)41(54)26-48-25-36-14-11-31(24-49-36)29-59-46(56)34-12-9-30(10-13-34)28-58-37-8-4-7-35(23-37)44(33-5-2-1-3-6-33)51-47(57)60-42-27-52-21-19-32(42)20-22-52/h1-18,23-24,32,41-42,44,48,53-54H,19-22,25-29H2,(H,50,55)(H,51,57)/t41-,42-,44-/m0/s1. The number of aromatic nitrogens is 2. The fourth-order valence-electron chi connectivity index (χ4n) is 7.90. The molecule has 0 aliphatic carbocycles. The van der Waals surface area contributed by atoms with Crippen LogP contribution in [0.2, 0.25) is 0 Å². The lowest BCUT2D eigenvalue weighted by molar-refractivity contribution is -0.0336. The molecule has 0 unspecified atom stereocenters. The molecule has 2 bridgehead atoms. The number of aromatic amines is 1. The van der Waals surface area contributed by atoms with Crippen molar-refractivity contribution in [2.24, 2.45) is 5.92 Å². The van der Waals surface area contributed by atoms with Gasteiger partial charge in [0.15, 0.2) is 0 Å². The maximum atomic E-state index is 13.2. The lowest BCUT2D eigenvalue weighted by Crippen LogP contribution is -2.52. The van der Waals surface area contributed by atoms with Crippen molar-refractivity contribution >= 4 is 23.0 Å². The fraction of sp³-hybridized carbons (Fsp3) is 0.277. The largest absolute Gasteiger partial charge is 0.506 e. The molecule has 3 aliphatic heterocycles. The van der Waals surface area contributed by atoms with Crippen LogP contribution in [0, 0.1) is 5.92 Å². The number of amides is 1. The molecule has 9 rings (SSSR count). The predicted molar refractivity (Wildman–Crippen MR) is 224 cm³/mol. The zero-order chi connectivity index (χ0) is 41.4. The average Bonchev–Trinajstić information content (AvgIpc) is 3.28. The molecule has 60 heavy (non-hydrogen) atoms. The topological polar surface area (TPSA) is 175 Å². The molecule has 4 aromatic carbocycles. The van der Waals surface area contributed by atoms with Crippen LogP contribution >= 0.6 is 0 Å². The van der Waals surface area contributed by atoms with Gasteiger partial charge in [-0.15, -0.1) is 0 Å². The first-order chi connectivity index (χ1) is 29.3. The molecule has 3 atom stereocenters. The number of ether oxygens (including phenoxy) is 3. The third-order valence-electron chi connectivity index (χ3n) is 11.2. The SMILES string of the molecule is O=C(N[C@@H](c1ccccc1)c1cccc(OCc2ccc(C(=O)OCc3ccc(CNC[C@H](O)c4ccc(O)c5[nH]c(=O)ccc45)nc3)cc2)c1)O[C@H]1CN2CCC1CC2. The average molecular weight is 810 g/mol. The lowest BCUT2D eigenvalue weighted by Gasteiger charge is -2.43. The van der Waals surface area contributed by atoms with E-state index in [1.54, 1.807) is 30.5 Å². The van der Waals surface area contributed by atoms with Gasteiger partial charge in [-0.1, -0.05) is 66.7 Å². The first kappa shape index (κ1) is 40.2. The Morgan fingerprint density at radius 3 is 2.40 bits per heavy atom. The second-order valence-electron chi connectivity index (χ2n) is 15.3. The normalized spacial score (nSPS) is 18.1. The molecule has 6 aromatic rings. The van der Waals surface area contributed by atoms with Gasteiger partial charge < -0.3 is 40.0 Å². The molecule has 0 radical (unpaired) electrons. The van der Waals surface area contributed by atoms with E-state index in [9.17, 15) is 24.6 Å². The number of esters is 1. The Labute approximate surface area is 347 Å². The van der Waals surface area contributed by atoms with Gasteiger partial charge >= 0.3 is 12.1 Å². The number of rotatable bonds is 15. The Hall–Kier alpha value is -6.54. The molecule has 3 fully saturated rings. The number of phenols is 1. The van der Waals surface area contributed by atoms with Gasteiger partial charge in [0.2, 0.25) is 5.56 Å². The maximum absolute atomic E-state index is 13.2. The van der Waals surface area contributed by atoms with Crippen LogP contribution in [0.5, 0.6) is 11.5 Å². The minimum Gasteiger partial charge on any atom is -0.506 e. The molecule has 2 aromatic heterocycles. The number of aromatic hydroxyl groups is 1. The summed E-state index contributed by atoms with van der Waals surface area (Å²) in [6, 6.07) is 33.7. The number of benzene rings is 4. The summed E-state index contributed by atoms with van der Waals surface area (Å²) in [6.07, 6.45) is 2.35. The number of nitrogens with zero attached hydrogens (tertiary/aromatic N) is 2. The van der Waals surface area contributed by atoms with Crippen molar-refractivity contribution in [3.8, 4) is 11.5 Å².